The second-order valence-corrected chi connectivity index (χ2v) is 7.07. The Kier molecular flexibility index (Phi) is 5.57. The van der Waals surface area contributed by atoms with Crippen LogP contribution in [0.2, 0.25) is 0 Å². The third kappa shape index (κ3) is 3.45. The Morgan fingerprint density at radius 2 is 2.37 bits per heavy atom. The van der Waals surface area contributed by atoms with Gasteiger partial charge in [-0.05, 0) is 48.6 Å². The number of hydrogen-bond acceptors (Lipinski definition) is 4. The van der Waals surface area contributed by atoms with Gasteiger partial charge in [0, 0.05) is 17.5 Å². The summed E-state index contributed by atoms with van der Waals surface area (Å²) in [6.07, 6.45) is 3.38. The first kappa shape index (κ1) is 15.2. The van der Waals surface area contributed by atoms with Crippen LogP contribution in [0.25, 0.3) is 0 Å². The molecule has 6 heteroatoms. The van der Waals surface area contributed by atoms with E-state index in [0.29, 0.717) is 6.04 Å². The lowest BCUT2D eigenvalue weighted by Crippen LogP contribution is -2.47. The summed E-state index contributed by atoms with van der Waals surface area (Å²) in [6, 6.07) is 2.44. The number of aryl methyl sites for hydroxylation is 1. The highest BCUT2D eigenvalue weighted by Crippen LogP contribution is 2.39. The van der Waals surface area contributed by atoms with E-state index in [2.05, 4.69) is 22.1 Å². The van der Waals surface area contributed by atoms with Crippen molar-refractivity contribution in [2.24, 2.45) is 0 Å². The molecule has 0 saturated carbocycles. The number of hydrogen-bond donors (Lipinski definition) is 2. The molecular weight excluding hydrogens is 300 g/mol. The highest BCUT2D eigenvalue weighted by atomic mass is 35.5. The minimum absolute atomic E-state index is 0. The molecule has 1 saturated heterocycles. The van der Waals surface area contributed by atoms with Crippen molar-refractivity contribution in [1.29, 1.82) is 0 Å². The summed E-state index contributed by atoms with van der Waals surface area (Å²) in [5.74, 6) is 1.27. The molecular formula is C13H19ClN2OS2. The Labute approximate surface area is 128 Å². The first-order valence-electron chi connectivity index (χ1n) is 6.53. The molecule has 19 heavy (non-hydrogen) atoms. The van der Waals surface area contributed by atoms with Gasteiger partial charge in [0.2, 0.25) is 5.91 Å². The molecule has 0 radical (unpaired) electrons. The molecule has 3 rings (SSSR count). The fourth-order valence-corrected chi connectivity index (χ4v) is 4.92. The van der Waals surface area contributed by atoms with Gasteiger partial charge >= 0.3 is 0 Å². The number of fused-ring (bicyclic) bond motifs is 1. The van der Waals surface area contributed by atoms with Crippen LogP contribution in [0.5, 0.6) is 0 Å². The first-order valence-corrected chi connectivity index (χ1v) is 8.46. The van der Waals surface area contributed by atoms with Gasteiger partial charge in [-0.15, -0.1) is 35.5 Å². The first-order chi connectivity index (χ1) is 8.84. The van der Waals surface area contributed by atoms with Crippen LogP contribution >= 0.6 is 35.5 Å². The molecule has 0 bridgehead atoms. The highest BCUT2D eigenvalue weighted by Gasteiger charge is 2.29. The second-order valence-electron chi connectivity index (χ2n) is 4.85. The number of thiophene rings is 1. The summed E-state index contributed by atoms with van der Waals surface area (Å²) in [6.45, 7) is 2.00. The molecule has 1 amide bonds. The molecule has 1 unspecified atom stereocenters. The lowest BCUT2D eigenvalue weighted by atomic mass is 10.1. The van der Waals surface area contributed by atoms with Crippen molar-refractivity contribution in [2.45, 2.75) is 30.6 Å². The summed E-state index contributed by atoms with van der Waals surface area (Å²) >= 11 is 3.57. The molecule has 3 heterocycles. The van der Waals surface area contributed by atoms with Crippen LogP contribution in [-0.2, 0) is 11.2 Å². The van der Waals surface area contributed by atoms with Crippen molar-refractivity contribution in [1.82, 2.24) is 10.6 Å². The van der Waals surface area contributed by atoms with Gasteiger partial charge in [-0.1, -0.05) is 0 Å². The van der Waals surface area contributed by atoms with E-state index in [9.17, 15) is 4.79 Å². The summed E-state index contributed by atoms with van der Waals surface area (Å²) in [4.78, 5) is 13.8. The SMILES string of the molecule is Cl.O=C(N[C@H]1CCCNC1)C1SCCc2sccc21. The number of carbonyl (C=O) groups is 1. The summed E-state index contributed by atoms with van der Waals surface area (Å²) in [5.41, 5.74) is 1.25. The molecule has 2 aliphatic heterocycles. The fraction of sp³-hybridized carbons (Fsp3) is 0.615. The maximum Gasteiger partial charge on any atom is 0.237 e. The molecule has 1 aromatic heterocycles. The van der Waals surface area contributed by atoms with E-state index in [0.717, 1.165) is 38.1 Å². The Hall–Kier alpha value is -0.230. The van der Waals surface area contributed by atoms with Crippen LogP contribution in [0.3, 0.4) is 0 Å². The Balaban J connectivity index is 0.00000133. The number of rotatable bonds is 2. The van der Waals surface area contributed by atoms with E-state index in [-0.39, 0.29) is 23.6 Å². The van der Waals surface area contributed by atoms with Gasteiger partial charge in [0.25, 0.3) is 0 Å². The third-order valence-electron chi connectivity index (χ3n) is 3.56. The summed E-state index contributed by atoms with van der Waals surface area (Å²) < 4.78 is 0. The average Bonchev–Trinajstić information content (AvgIpc) is 2.87. The van der Waals surface area contributed by atoms with Gasteiger partial charge in [0.1, 0.15) is 5.25 Å². The number of thioether (sulfide) groups is 1. The van der Waals surface area contributed by atoms with Gasteiger partial charge in [-0.25, -0.2) is 0 Å². The molecule has 106 valence electrons. The third-order valence-corrected chi connectivity index (χ3v) is 5.80. The van der Waals surface area contributed by atoms with Crippen molar-refractivity contribution >= 4 is 41.4 Å². The van der Waals surface area contributed by atoms with Gasteiger partial charge in [0.05, 0.1) is 0 Å². The minimum atomic E-state index is 0. The Bertz CT molecular complexity index is 432. The maximum atomic E-state index is 12.4. The quantitative estimate of drug-likeness (QED) is 0.879. The Morgan fingerprint density at radius 1 is 1.47 bits per heavy atom. The predicted molar refractivity (Wildman–Crippen MR) is 84.5 cm³/mol. The van der Waals surface area contributed by atoms with Crippen LogP contribution in [0.4, 0.5) is 0 Å². The maximum absolute atomic E-state index is 12.4. The zero-order chi connectivity index (χ0) is 12.4. The average molecular weight is 319 g/mol. The van der Waals surface area contributed by atoms with E-state index in [1.54, 1.807) is 23.1 Å². The van der Waals surface area contributed by atoms with Crippen molar-refractivity contribution < 1.29 is 4.79 Å². The van der Waals surface area contributed by atoms with Crippen LogP contribution in [-0.4, -0.2) is 30.8 Å². The molecule has 1 fully saturated rings. The van der Waals surface area contributed by atoms with E-state index in [4.69, 9.17) is 0 Å². The number of amides is 1. The number of piperidine rings is 1. The molecule has 0 spiro atoms. The highest BCUT2D eigenvalue weighted by molar-refractivity contribution is 8.00. The van der Waals surface area contributed by atoms with Crippen LogP contribution in [0, 0.1) is 0 Å². The molecule has 0 aromatic carbocycles. The molecule has 3 nitrogen and oxygen atoms in total. The molecule has 0 aliphatic carbocycles. The Morgan fingerprint density at radius 3 is 3.16 bits per heavy atom. The number of nitrogens with one attached hydrogen (secondary N) is 2. The van der Waals surface area contributed by atoms with Crippen LogP contribution < -0.4 is 10.6 Å². The van der Waals surface area contributed by atoms with E-state index in [1.807, 2.05) is 0 Å². The van der Waals surface area contributed by atoms with Gasteiger partial charge < -0.3 is 10.6 Å². The normalized spacial score (nSPS) is 26.1. The monoisotopic (exact) mass is 318 g/mol. The van der Waals surface area contributed by atoms with Gasteiger partial charge in [-0.2, -0.15) is 0 Å². The standard InChI is InChI=1S/C13H18N2OS2.ClH/c16-13(15-9-2-1-5-14-8-9)12-10-3-6-17-11(10)4-7-18-12;/h3,6,9,12,14H,1-2,4-5,7-8H2,(H,15,16);1H/t9-,12?;/m0./s1. The van der Waals surface area contributed by atoms with Crippen molar-refractivity contribution in [3.8, 4) is 0 Å². The molecule has 2 N–H and O–H groups in total. The van der Waals surface area contributed by atoms with Crippen LogP contribution in [0.15, 0.2) is 11.4 Å². The van der Waals surface area contributed by atoms with E-state index >= 15 is 0 Å². The smallest absolute Gasteiger partial charge is 0.237 e. The number of halogens is 1. The summed E-state index contributed by atoms with van der Waals surface area (Å²) in [7, 11) is 0. The fourth-order valence-electron chi connectivity index (χ4n) is 2.62. The van der Waals surface area contributed by atoms with Gasteiger partial charge in [-0.3, -0.25) is 4.79 Å². The van der Waals surface area contributed by atoms with Crippen molar-refractivity contribution in [2.75, 3.05) is 18.8 Å². The predicted octanol–water partition coefficient (Wildman–Crippen LogP) is 2.37. The molecule has 2 aliphatic rings. The van der Waals surface area contributed by atoms with E-state index in [1.165, 1.54) is 10.4 Å². The molecule has 2 atom stereocenters. The zero-order valence-corrected chi connectivity index (χ0v) is 13.1. The van der Waals surface area contributed by atoms with Crippen molar-refractivity contribution in [3.63, 3.8) is 0 Å². The minimum Gasteiger partial charge on any atom is -0.351 e. The second kappa shape index (κ2) is 6.97. The topological polar surface area (TPSA) is 41.1 Å². The van der Waals surface area contributed by atoms with E-state index < -0.39 is 0 Å². The number of carbonyl (C=O) groups excluding carboxylic acids is 1. The molecule has 1 aromatic rings. The van der Waals surface area contributed by atoms with Crippen LogP contribution in [0.1, 0.15) is 28.5 Å². The van der Waals surface area contributed by atoms with Crippen molar-refractivity contribution in [3.05, 3.63) is 21.9 Å². The van der Waals surface area contributed by atoms with Gasteiger partial charge in [0.15, 0.2) is 0 Å². The zero-order valence-electron chi connectivity index (χ0n) is 10.7. The summed E-state index contributed by atoms with van der Waals surface area (Å²) in [5, 5.41) is 8.67. The largest absolute Gasteiger partial charge is 0.351 e. The lowest BCUT2D eigenvalue weighted by Gasteiger charge is -2.27. The lowest BCUT2D eigenvalue weighted by molar-refractivity contribution is -0.121.